The Labute approximate surface area is 88.2 Å². The van der Waals surface area contributed by atoms with Crippen molar-refractivity contribution in [1.82, 2.24) is 0 Å². The lowest BCUT2D eigenvalue weighted by Gasteiger charge is -2.15. The van der Waals surface area contributed by atoms with Gasteiger partial charge >= 0.3 is 6.36 Å². The van der Waals surface area contributed by atoms with Gasteiger partial charge in [0, 0.05) is 5.56 Å². The summed E-state index contributed by atoms with van der Waals surface area (Å²) in [4.78, 5) is 10.6. The van der Waals surface area contributed by atoms with Crippen LogP contribution in [0, 0.1) is 0 Å². The van der Waals surface area contributed by atoms with Gasteiger partial charge in [-0.25, -0.2) is 0 Å². The highest BCUT2D eigenvalue weighted by molar-refractivity contribution is 5.90. The van der Waals surface area contributed by atoms with Crippen LogP contribution in [-0.4, -0.2) is 19.4 Å². The Morgan fingerprint density at radius 1 is 1.38 bits per heavy atom. The molecule has 0 N–H and O–H groups in total. The molecule has 1 rings (SSSR count). The average molecular weight is 235 g/mol. The van der Waals surface area contributed by atoms with E-state index in [1.54, 1.807) is 0 Å². The van der Waals surface area contributed by atoms with E-state index in [-0.39, 0.29) is 0 Å². The predicted molar refractivity (Wildman–Crippen MR) is 44.0 cm³/mol. The molecule has 0 radical (unpaired) electrons. The van der Waals surface area contributed by atoms with Gasteiger partial charge in [0.1, 0.15) is 0 Å². The molecule has 1 aromatic carbocycles. The maximum absolute atomic E-state index is 11.9. The van der Waals surface area contributed by atoms with Crippen molar-refractivity contribution in [3.05, 3.63) is 23.8 Å². The molecule has 7 heteroatoms. The molecule has 0 atom stereocenters. The van der Waals surface area contributed by atoms with Crippen LogP contribution in [-0.2, 0) is 0 Å². The Balaban J connectivity index is 3.19. The number of halogens is 3. The molecular weight excluding hydrogens is 229 g/mol. The minimum Gasteiger partial charge on any atom is -0.545 e. The van der Waals surface area contributed by atoms with Crippen LogP contribution in [0.5, 0.6) is 11.5 Å². The lowest BCUT2D eigenvalue weighted by molar-refractivity contribution is -0.275. The maximum atomic E-state index is 11.9. The molecule has 0 unspecified atom stereocenters. The van der Waals surface area contributed by atoms with Crippen molar-refractivity contribution in [1.29, 1.82) is 0 Å². The first-order valence-electron chi connectivity index (χ1n) is 3.99. The number of carbonyl (C=O) groups excluding carboxylic acids is 1. The fourth-order valence-corrected chi connectivity index (χ4v) is 1.09. The monoisotopic (exact) mass is 235 g/mol. The first kappa shape index (κ1) is 12.2. The van der Waals surface area contributed by atoms with E-state index in [9.17, 15) is 23.1 Å². The van der Waals surface area contributed by atoms with Gasteiger partial charge in [-0.1, -0.05) is 6.07 Å². The number of benzene rings is 1. The molecule has 0 saturated heterocycles. The summed E-state index contributed by atoms with van der Waals surface area (Å²) in [6, 6.07) is 3.09. The molecule has 16 heavy (non-hydrogen) atoms. The molecule has 0 aliphatic heterocycles. The van der Waals surface area contributed by atoms with Gasteiger partial charge in [0.05, 0.1) is 13.1 Å². The first-order chi connectivity index (χ1) is 7.35. The minimum absolute atomic E-state index is 0.510. The smallest absolute Gasteiger partial charge is 0.545 e. The van der Waals surface area contributed by atoms with Crippen LogP contribution in [0.4, 0.5) is 13.2 Å². The normalized spacial score (nSPS) is 11.0. The number of carboxylic acid groups (broad SMARTS) is 1. The third-order valence-electron chi connectivity index (χ3n) is 1.63. The largest absolute Gasteiger partial charge is 0.573 e. The molecule has 0 aliphatic carbocycles. The molecule has 0 aromatic heterocycles. The first-order valence-corrected chi connectivity index (χ1v) is 3.99. The molecule has 4 nitrogen and oxygen atoms in total. The Hall–Kier alpha value is -1.92. The predicted octanol–water partition coefficient (Wildman–Crippen LogP) is 0.957. The van der Waals surface area contributed by atoms with Crippen LogP contribution in [0.2, 0.25) is 0 Å². The Morgan fingerprint density at radius 2 is 2.00 bits per heavy atom. The van der Waals surface area contributed by atoms with Crippen molar-refractivity contribution >= 4 is 5.97 Å². The number of alkyl halides is 3. The highest BCUT2D eigenvalue weighted by Gasteiger charge is 2.32. The summed E-state index contributed by atoms with van der Waals surface area (Å²) in [5.41, 5.74) is -0.510. The van der Waals surface area contributed by atoms with E-state index >= 15 is 0 Å². The highest BCUT2D eigenvalue weighted by atomic mass is 19.4. The van der Waals surface area contributed by atoms with Crippen molar-refractivity contribution in [3.8, 4) is 11.5 Å². The van der Waals surface area contributed by atoms with Crippen molar-refractivity contribution in [2.24, 2.45) is 0 Å². The molecule has 0 bridgehead atoms. The van der Waals surface area contributed by atoms with E-state index < -0.39 is 29.4 Å². The van der Waals surface area contributed by atoms with Crippen LogP contribution >= 0.6 is 0 Å². The molecular formula is C9H6F3O4-. The number of para-hydroxylation sites is 1. The van der Waals surface area contributed by atoms with Crippen molar-refractivity contribution in [2.45, 2.75) is 6.36 Å². The molecule has 0 aliphatic rings. The van der Waals surface area contributed by atoms with Gasteiger partial charge in [-0.2, -0.15) is 0 Å². The van der Waals surface area contributed by atoms with Gasteiger partial charge in [-0.15, -0.1) is 13.2 Å². The van der Waals surface area contributed by atoms with E-state index in [0.717, 1.165) is 25.3 Å². The SMILES string of the molecule is COc1c(OC(F)(F)F)cccc1C(=O)[O-]. The van der Waals surface area contributed by atoms with Crippen molar-refractivity contribution in [3.63, 3.8) is 0 Å². The molecule has 1 aromatic rings. The Kier molecular flexibility index (Phi) is 3.26. The minimum atomic E-state index is -4.92. The fourth-order valence-electron chi connectivity index (χ4n) is 1.09. The number of hydrogen-bond acceptors (Lipinski definition) is 4. The molecule has 0 spiro atoms. The zero-order chi connectivity index (χ0) is 12.3. The Morgan fingerprint density at radius 3 is 2.44 bits per heavy atom. The number of rotatable bonds is 3. The van der Waals surface area contributed by atoms with Gasteiger partial charge in [0.2, 0.25) is 0 Å². The zero-order valence-electron chi connectivity index (χ0n) is 8.00. The number of ether oxygens (including phenoxy) is 2. The number of hydrogen-bond donors (Lipinski definition) is 0. The molecule has 88 valence electrons. The van der Waals surface area contributed by atoms with Gasteiger partial charge in [0.15, 0.2) is 11.5 Å². The lowest BCUT2D eigenvalue weighted by Crippen LogP contribution is -2.24. The summed E-state index contributed by atoms with van der Waals surface area (Å²) in [6.45, 7) is 0. The second-order valence-electron chi connectivity index (χ2n) is 2.67. The summed E-state index contributed by atoms with van der Waals surface area (Å²) in [7, 11) is 1.03. The van der Waals surface area contributed by atoms with E-state index in [1.165, 1.54) is 0 Å². The third-order valence-corrected chi connectivity index (χ3v) is 1.63. The highest BCUT2D eigenvalue weighted by Crippen LogP contribution is 2.34. The summed E-state index contributed by atoms with van der Waals surface area (Å²) in [5.74, 6) is -2.90. The second-order valence-corrected chi connectivity index (χ2v) is 2.67. The van der Waals surface area contributed by atoms with Crippen LogP contribution < -0.4 is 14.6 Å². The van der Waals surface area contributed by atoms with E-state index in [0.29, 0.717) is 0 Å². The summed E-state index contributed by atoms with van der Waals surface area (Å²) in [6.07, 6.45) is -4.92. The van der Waals surface area contributed by atoms with Gasteiger partial charge in [-0.3, -0.25) is 0 Å². The number of carboxylic acids is 1. The standard InChI is InChI=1S/C9H7F3O4/c1-15-7-5(8(13)14)3-2-4-6(7)16-9(10,11)12/h2-4H,1H3,(H,13,14)/p-1. The quantitative estimate of drug-likeness (QED) is 0.782. The van der Waals surface area contributed by atoms with Gasteiger partial charge in [0.25, 0.3) is 0 Å². The van der Waals surface area contributed by atoms with Crippen molar-refractivity contribution < 1.29 is 32.5 Å². The van der Waals surface area contributed by atoms with Crippen LogP contribution in [0.15, 0.2) is 18.2 Å². The molecule has 0 fully saturated rings. The van der Waals surface area contributed by atoms with Gasteiger partial charge < -0.3 is 19.4 Å². The Bertz CT molecular complexity index is 400. The van der Waals surface area contributed by atoms with Crippen LogP contribution in [0.1, 0.15) is 10.4 Å². The third kappa shape index (κ3) is 2.78. The summed E-state index contributed by atoms with van der Waals surface area (Å²) < 4.78 is 44.0. The summed E-state index contributed by atoms with van der Waals surface area (Å²) >= 11 is 0. The average Bonchev–Trinajstić information content (AvgIpc) is 2.14. The number of carbonyl (C=O) groups is 1. The lowest BCUT2D eigenvalue weighted by atomic mass is 10.2. The summed E-state index contributed by atoms with van der Waals surface area (Å²) in [5, 5.41) is 10.6. The van der Waals surface area contributed by atoms with Crippen LogP contribution in [0.3, 0.4) is 0 Å². The number of methoxy groups -OCH3 is 1. The number of aromatic carboxylic acids is 1. The van der Waals surface area contributed by atoms with E-state index in [1.807, 2.05) is 0 Å². The second kappa shape index (κ2) is 4.30. The van der Waals surface area contributed by atoms with E-state index in [4.69, 9.17) is 0 Å². The maximum Gasteiger partial charge on any atom is 0.573 e. The molecule has 0 saturated carbocycles. The zero-order valence-corrected chi connectivity index (χ0v) is 8.00. The van der Waals surface area contributed by atoms with Crippen molar-refractivity contribution in [2.75, 3.05) is 7.11 Å². The van der Waals surface area contributed by atoms with Crippen LogP contribution in [0.25, 0.3) is 0 Å². The van der Waals surface area contributed by atoms with E-state index in [2.05, 4.69) is 9.47 Å². The molecule has 0 amide bonds. The van der Waals surface area contributed by atoms with Gasteiger partial charge in [-0.05, 0) is 12.1 Å². The molecule has 0 heterocycles. The fraction of sp³-hybridized carbons (Fsp3) is 0.222. The topological polar surface area (TPSA) is 58.6 Å².